The molecule has 0 aromatic heterocycles. The van der Waals surface area contributed by atoms with Crippen molar-refractivity contribution in [2.24, 2.45) is 0 Å². The highest BCUT2D eigenvalue weighted by molar-refractivity contribution is 7.80. The average molecular weight is 412 g/mol. The minimum absolute atomic E-state index is 0.0555. The summed E-state index contributed by atoms with van der Waals surface area (Å²) in [4.78, 5) is 12.5. The van der Waals surface area contributed by atoms with Crippen LogP contribution in [0.5, 0.6) is 0 Å². The molecular weight excluding hydrogens is 394 g/mol. The van der Waals surface area contributed by atoms with Crippen LogP contribution >= 0.6 is 23.8 Å². The lowest BCUT2D eigenvalue weighted by molar-refractivity contribution is -0.384. The summed E-state index contributed by atoms with van der Waals surface area (Å²) < 4.78 is 0. The van der Waals surface area contributed by atoms with Crippen LogP contribution in [0.25, 0.3) is 0 Å². The molecule has 0 fully saturated rings. The van der Waals surface area contributed by atoms with Gasteiger partial charge in [0.2, 0.25) is 0 Å². The van der Waals surface area contributed by atoms with Crippen LogP contribution in [-0.4, -0.2) is 22.0 Å². The number of non-ortho nitro benzene ring substituents is 1. The molecule has 0 saturated carbocycles. The van der Waals surface area contributed by atoms with E-state index in [0.29, 0.717) is 15.8 Å². The van der Waals surface area contributed by atoms with Crippen LogP contribution in [-0.2, 0) is 0 Å². The number of benzene rings is 3. The maximum Gasteiger partial charge on any atom is 0.271 e. The third kappa shape index (κ3) is 4.47. The number of anilines is 1. The van der Waals surface area contributed by atoms with Crippen molar-refractivity contribution in [2.45, 2.75) is 6.04 Å². The molecule has 0 atom stereocenters. The quantitative estimate of drug-likeness (QED) is 0.333. The van der Waals surface area contributed by atoms with Crippen molar-refractivity contribution in [3.05, 3.63) is 105 Å². The van der Waals surface area contributed by atoms with E-state index >= 15 is 0 Å². The zero-order valence-corrected chi connectivity index (χ0v) is 16.7. The Bertz CT molecular complexity index is 944. The van der Waals surface area contributed by atoms with E-state index in [1.165, 1.54) is 18.2 Å². The SMILES string of the molecule is CN(C(=S)Nc1cc([N+](=O)[O-])ccc1Cl)C(c1ccccc1)c1ccccc1. The third-order valence-corrected chi connectivity index (χ3v) is 5.06. The van der Waals surface area contributed by atoms with Crippen LogP contribution in [0.4, 0.5) is 11.4 Å². The molecule has 0 aliphatic heterocycles. The van der Waals surface area contributed by atoms with Crippen LogP contribution in [0.2, 0.25) is 5.02 Å². The Morgan fingerprint density at radius 3 is 2.07 bits per heavy atom. The summed E-state index contributed by atoms with van der Waals surface area (Å²) in [5.74, 6) is 0. The predicted octanol–water partition coefficient (Wildman–Crippen LogP) is 5.67. The van der Waals surface area contributed by atoms with Gasteiger partial charge in [0.1, 0.15) is 0 Å². The van der Waals surface area contributed by atoms with Crippen molar-refractivity contribution in [2.75, 3.05) is 12.4 Å². The van der Waals surface area contributed by atoms with Gasteiger partial charge in [-0.2, -0.15) is 0 Å². The van der Waals surface area contributed by atoms with Crippen molar-refractivity contribution in [1.29, 1.82) is 0 Å². The predicted molar refractivity (Wildman–Crippen MR) is 117 cm³/mol. The molecule has 3 aromatic carbocycles. The standard InChI is InChI=1S/C21H18ClN3O2S/c1-24(21(28)23-19-14-17(25(26)27)12-13-18(19)22)20(15-8-4-2-5-9-15)16-10-6-3-7-11-16/h2-14,20H,1H3,(H,23,28). The summed E-state index contributed by atoms with van der Waals surface area (Å²) in [5, 5.41) is 14.9. The maximum atomic E-state index is 11.1. The van der Waals surface area contributed by atoms with Crippen LogP contribution in [0.1, 0.15) is 17.2 Å². The van der Waals surface area contributed by atoms with Gasteiger partial charge in [-0.3, -0.25) is 10.1 Å². The van der Waals surface area contributed by atoms with Crippen molar-refractivity contribution < 1.29 is 4.92 Å². The molecule has 0 spiro atoms. The van der Waals surface area contributed by atoms with Gasteiger partial charge in [-0.15, -0.1) is 0 Å². The molecule has 0 aliphatic carbocycles. The second kappa shape index (κ2) is 8.82. The molecule has 0 amide bonds. The molecule has 0 unspecified atom stereocenters. The highest BCUT2D eigenvalue weighted by atomic mass is 35.5. The van der Waals surface area contributed by atoms with Crippen LogP contribution in [0.3, 0.4) is 0 Å². The normalized spacial score (nSPS) is 10.5. The lowest BCUT2D eigenvalue weighted by Crippen LogP contribution is -2.35. The summed E-state index contributed by atoms with van der Waals surface area (Å²) in [6.07, 6.45) is 0. The number of nitro benzene ring substituents is 1. The van der Waals surface area contributed by atoms with Crippen molar-refractivity contribution in [3.8, 4) is 0 Å². The summed E-state index contributed by atoms with van der Waals surface area (Å²) in [7, 11) is 1.88. The number of nitrogens with one attached hydrogen (secondary N) is 1. The number of halogens is 1. The van der Waals surface area contributed by atoms with Gasteiger partial charge in [0.15, 0.2) is 5.11 Å². The molecular formula is C21H18ClN3O2S. The second-order valence-corrected chi connectivity index (χ2v) is 6.98. The fourth-order valence-electron chi connectivity index (χ4n) is 2.95. The highest BCUT2D eigenvalue weighted by Crippen LogP contribution is 2.30. The maximum absolute atomic E-state index is 11.1. The summed E-state index contributed by atoms with van der Waals surface area (Å²) in [6, 6.07) is 24.1. The van der Waals surface area contributed by atoms with E-state index in [2.05, 4.69) is 5.32 Å². The van der Waals surface area contributed by atoms with Gasteiger partial charge in [0.05, 0.1) is 21.7 Å². The fourth-order valence-corrected chi connectivity index (χ4v) is 3.33. The summed E-state index contributed by atoms with van der Waals surface area (Å²) in [5.41, 5.74) is 2.49. The van der Waals surface area contributed by atoms with E-state index in [9.17, 15) is 10.1 Å². The zero-order chi connectivity index (χ0) is 20.1. The van der Waals surface area contributed by atoms with Gasteiger partial charge in [-0.25, -0.2) is 0 Å². The van der Waals surface area contributed by atoms with Crippen molar-refractivity contribution in [1.82, 2.24) is 4.90 Å². The number of nitro groups is 1. The first-order valence-corrected chi connectivity index (χ1v) is 9.33. The number of thiocarbonyl (C=S) groups is 1. The highest BCUT2D eigenvalue weighted by Gasteiger charge is 2.22. The first-order valence-electron chi connectivity index (χ1n) is 8.55. The van der Waals surface area contributed by atoms with Crippen LogP contribution in [0.15, 0.2) is 78.9 Å². The van der Waals surface area contributed by atoms with Gasteiger partial charge in [-0.05, 0) is 29.4 Å². The monoisotopic (exact) mass is 411 g/mol. The molecule has 28 heavy (non-hydrogen) atoms. The Labute approximate surface area is 173 Å². The van der Waals surface area contributed by atoms with Gasteiger partial charge >= 0.3 is 0 Å². The number of hydrogen-bond acceptors (Lipinski definition) is 3. The molecule has 0 bridgehead atoms. The molecule has 0 aliphatic rings. The average Bonchev–Trinajstić information content (AvgIpc) is 2.71. The molecule has 3 rings (SSSR count). The largest absolute Gasteiger partial charge is 0.341 e. The Balaban J connectivity index is 1.91. The van der Waals surface area contributed by atoms with Gasteiger partial charge in [-0.1, -0.05) is 72.3 Å². The first-order chi connectivity index (χ1) is 13.5. The Kier molecular flexibility index (Phi) is 6.23. The number of nitrogens with zero attached hydrogens (tertiary/aromatic N) is 2. The lowest BCUT2D eigenvalue weighted by atomic mass is 9.98. The van der Waals surface area contributed by atoms with Gasteiger partial charge < -0.3 is 10.2 Å². The van der Waals surface area contributed by atoms with E-state index in [1.807, 2.05) is 72.6 Å². The van der Waals surface area contributed by atoms with Gasteiger partial charge in [0, 0.05) is 19.2 Å². The summed E-state index contributed by atoms with van der Waals surface area (Å²) >= 11 is 11.8. The van der Waals surface area contributed by atoms with E-state index < -0.39 is 4.92 Å². The number of rotatable bonds is 5. The first kappa shape index (κ1) is 19.8. The van der Waals surface area contributed by atoms with Crippen molar-refractivity contribution in [3.63, 3.8) is 0 Å². The number of hydrogen-bond donors (Lipinski definition) is 1. The smallest absolute Gasteiger partial charge is 0.271 e. The Morgan fingerprint density at radius 1 is 1.04 bits per heavy atom. The Hall–Kier alpha value is -2.96. The molecule has 3 aromatic rings. The Morgan fingerprint density at radius 2 is 1.57 bits per heavy atom. The van der Waals surface area contributed by atoms with E-state index in [-0.39, 0.29) is 11.7 Å². The van der Waals surface area contributed by atoms with Gasteiger partial charge in [0.25, 0.3) is 5.69 Å². The molecule has 7 heteroatoms. The van der Waals surface area contributed by atoms with Crippen LogP contribution in [0, 0.1) is 10.1 Å². The second-order valence-electron chi connectivity index (χ2n) is 6.19. The lowest BCUT2D eigenvalue weighted by Gasteiger charge is -2.31. The molecule has 0 saturated heterocycles. The molecule has 5 nitrogen and oxygen atoms in total. The molecule has 0 heterocycles. The minimum atomic E-state index is -0.467. The molecule has 0 radical (unpaired) electrons. The van der Waals surface area contributed by atoms with Crippen molar-refractivity contribution >= 4 is 40.3 Å². The third-order valence-electron chi connectivity index (χ3n) is 4.34. The minimum Gasteiger partial charge on any atom is -0.341 e. The zero-order valence-electron chi connectivity index (χ0n) is 15.1. The van der Waals surface area contributed by atoms with E-state index in [1.54, 1.807) is 0 Å². The fraction of sp³-hybridized carbons (Fsp3) is 0.0952. The van der Waals surface area contributed by atoms with Crippen LogP contribution < -0.4 is 5.32 Å². The molecule has 142 valence electrons. The van der Waals surface area contributed by atoms with E-state index in [4.69, 9.17) is 23.8 Å². The molecule has 1 N–H and O–H groups in total. The van der Waals surface area contributed by atoms with E-state index in [0.717, 1.165) is 11.1 Å². The topological polar surface area (TPSA) is 58.4 Å². The summed E-state index contributed by atoms with van der Waals surface area (Å²) in [6.45, 7) is 0.